The summed E-state index contributed by atoms with van der Waals surface area (Å²) in [5.74, 6) is 0.897. The van der Waals surface area contributed by atoms with Gasteiger partial charge in [0, 0.05) is 24.2 Å². The Morgan fingerprint density at radius 1 is 0.718 bits per heavy atom. The Hall–Kier alpha value is -2.65. The van der Waals surface area contributed by atoms with Crippen molar-refractivity contribution < 1.29 is 47.4 Å². The predicted octanol–water partition coefficient (Wildman–Crippen LogP) is 2.99. The maximum Gasteiger partial charge on any atom is 0.394 e. The SMILES string of the molecule is COc1cc(C(O)CNC(C)(C)C)ccc1O.COc1cc(C(O)CNC(C)(C)C)ccc1O.O=S(=O)(O)O. The van der Waals surface area contributed by atoms with Crippen molar-refractivity contribution >= 4 is 10.4 Å². The number of β-amino-alcohol motifs (C(OH)–C–C–N with tert-alkyl or cyclic N) is 2. The first-order valence-corrected chi connectivity index (χ1v) is 13.4. The second kappa shape index (κ2) is 15.8. The monoisotopic (exact) mass is 576 g/mol. The lowest BCUT2D eigenvalue weighted by Gasteiger charge is -2.23. The van der Waals surface area contributed by atoms with E-state index in [4.69, 9.17) is 27.0 Å². The molecule has 39 heavy (non-hydrogen) atoms. The molecule has 12 nitrogen and oxygen atoms in total. The molecule has 8 N–H and O–H groups in total. The molecule has 2 aromatic carbocycles. The number of phenols is 2. The molecule has 2 atom stereocenters. The van der Waals surface area contributed by atoms with Gasteiger partial charge in [-0.3, -0.25) is 9.11 Å². The molecule has 224 valence electrons. The molecule has 0 saturated heterocycles. The first-order valence-electron chi connectivity index (χ1n) is 12.0. The van der Waals surface area contributed by atoms with Gasteiger partial charge in [-0.15, -0.1) is 0 Å². The number of aromatic hydroxyl groups is 2. The van der Waals surface area contributed by atoms with Crippen LogP contribution in [0, 0.1) is 0 Å². The number of ether oxygens (including phenoxy) is 2. The van der Waals surface area contributed by atoms with Gasteiger partial charge < -0.3 is 40.5 Å². The molecule has 0 spiro atoms. The van der Waals surface area contributed by atoms with E-state index in [1.165, 1.54) is 26.4 Å². The van der Waals surface area contributed by atoms with Gasteiger partial charge in [0.05, 0.1) is 26.4 Å². The molecule has 0 aliphatic rings. The summed E-state index contributed by atoms with van der Waals surface area (Å²) in [5, 5.41) is 45.3. The van der Waals surface area contributed by atoms with Crippen LogP contribution >= 0.6 is 0 Å². The van der Waals surface area contributed by atoms with E-state index in [1.807, 2.05) is 41.5 Å². The Labute approximate surface area is 231 Å². The number of aliphatic hydroxyl groups excluding tert-OH is 2. The molecule has 0 aromatic heterocycles. The second-order valence-electron chi connectivity index (χ2n) is 10.6. The Kier molecular flexibility index (Phi) is 14.7. The Bertz CT molecular complexity index is 1030. The summed E-state index contributed by atoms with van der Waals surface area (Å²) in [6, 6.07) is 9.71. The lowest BCUT2D eigenvalue weighted by molar-refractivity contribution is 0.162. The van der Waals surface area contributed by atoms with E-state index >= 15 is 0 Å². The van der Waals surface area contributed by atoms with Crippen LogP contribution < -0.4 is 20.1 Å². The molecular weight excluding hydrogens is 532 g/mol. The van der Waals surface area contributed by atoms with Crippen LogP contribution in [-0.2, 0) is 10.4 Å². The van der Waals surface area contributed by atoms with E-state index in [-0.39, 0.29) is 22.6 Å². The quantitative estimate of drug-likeness (QED) is 0.214. The van der Waals surface area contributed by atoms with Crippen LogP contribution in [0.25, 0.3) is 0 Å². The van der Waals surface area contributed by atoms with Crippen molar-refractivity contribution in [3.8, 4) is 23.0 Å². The van der Waals surface area contributed by atoms with Crippen molar-refractivity contribution in [1.82, 2.24) is 10.6 Å². The van der Waals surface area contributed by atoms with Gasteiger partial charge in [0.15, 0.2) is 23.0 Å². The van der Waals surface area contributed by atoms with Crippen LogP contribution in [0.3, 0.4) is 0 Å². The molecule has 0 saturated carbocycles. The zero-order chi connectivity index (χ0) is 30.6. The Morgan fingerprint density at radius 2 is 1.00 bits per heavy atom. The number of nitrogens with one attached hydrogen (secondary N) is 2. The highest BCUT2D eigenvalue weighted by atomic mass is 32.3. The largest absolute Gasteiger partial charge is 0.504 e. The summed E-state index contributed by atoms with van der Waals surface area (Å²) >= 11 is 0. The van der Waals surface area contributed by atoms with Gasteiger partial charge in [-0.05, 0) is 76.9 Å². The number of methoxy groups -OCH3 is 2. The van der Waals surface area contributed by atoms with Gasteiger partial charge >= 0.3 is 10.4 Å². The van der Waals surface area contributed by atoms with E-state index < -0.39 is 22.6 Å². The maximum absolute atomic E-state index is 10.00. The molecule has 2 aromatic rings. The van der Waals surface area contributed by atoms with Crippen LogP contribution in [0.1, 0.15) is 64.9 Å². The molecule has 0 fully saturated rings. The average Bonchev–Trinajstić information content (AvgIpc) is 2.80. The van der Waals surface area contributed by atoms with Crippen molar-refractivity contribution in [3.05, 3.63) is 47.5 Å². The van der Waals surface area contributed by atoms with Crippen molar-refractivity contribution in [1.29, 1.82) is 0 Å². The molecule has 0 radical (unpaired) electrons. The zero-order valence-corrected chi connectivity index (χ0v) is 24.6. The van der Waals surface area contributed by atoms with Crippen LogP contribution in [0.2, 0.25) is 0 Å². The minimum atomic E-state index is -4.67. The van der Waals surface area contributed by atoms with E-state index in [1.54, 1.807) is 24.3 Å². The molecule has 2 unspecified atom stereocenters. The molecular formula is C26H44N2O10S. The fraction of sp³-hybridized carbons (Fsp3) is 0.538. The smallest absolute Gasteiger partial charge is 0.394 e. The van der Waals surface area contributed by atoms with Crippen LogP contribution in [0.15, 0.2) is 36.4 Å². The third-order valence-corrected chi connectivity index (χ3v) is 4.83. The standard InChI is InChI=1S/2C13H21NO3.H2O4S/c2*1-13(2,3)14-8-11(16)9-5-6-10(15)12(7-9)17-4;1-5(2,3)4/h2*5-7,11,14-16H,8H2,1-4H3;(H2,1,2,3,4). The van der Waals surface area contributed by atoms with Gasteiger partial charge in [0.25, 0.3) is 0 Å². The number of hydrogen-bond donors (Lipinski definition) is 8. The Morgan fingerprint density at radius 3 is 1.23 bits per heavy atom. The third kappa shape index (κ3) is 17.5. The topological polar surface area (TPSA) is 198 Å². The fourth-order valence-electron chi connectivity index (χ4n) is 2.84. The summed E-state index contributed by atoms with van der Waals surface area (Å²) in [7, 11) is -1.70. The zero-order valence-electron chi connectivity index (χ0n) is 23.8. The molecule has 0 aliphatic carbocycles. The minimum Gasteiger partial charge on any atom is -0.504 e. The molecule has 2 rings (SSSR count). The third-order valence-electron chi connectivity index (χ3n) is 4.83. The number of rotatable bonds is 8. The Balaban J connectivity index is 0.000000632. The highest BCUT2D eigenvalue weighted by Crippen LogP contribution is 2.29. The molecule has 0 amide bonds. The minimum absolute atomic E-state index is 0.0397. The highest BCUT2D eigenvalue weighted by molar-refractivity contribution is 7.79. The average molecular weight is 577 g/mol. The number of benzene rings is 2. The van der Waals surface area contributed by atoms with Gasteiger partial charge in [0.1, 0.15) is 0 Å². The van der Waals surface area contributed by atoms with Crippen molar-refractivity contribution in [2.75, 3.05) is 27.3 Å². The molecule has 0 heterocycles. The van der Waals surface area contributed by atoms with Crippen molar-refractivity contribution in [2.45, 2.75) is 64.8 Å². The number of phenolic OH excluding ortho intramolecular Hbond substituents is 2. The summed E-state index contributed by atoms with van der Waals surface area (Å²) < 4.78 is 41.6. The lowest BCUT2D eigenvalue weighted by Crippen LogP contribution is -2.38. The van der Waals surface area contributed by atoms with Crippen LogP contribution in [0.5, 0.6) is 23.0 Å². The van der Waals surface area contributed by atoms with Crippen LogP contribution in [-0.4, -0.2) is 76.3 Å². The second-order valence-corrected chi connectivity index (χ2v) is 11.5. The van der Waals surface area contributed by atoms with Gasteiger partial charge in [-0.25, -0.2) is 0 Å². The molecule has 0 aliphatic heterocycles. The maximum atomic E-state index is 10.00. The summed E-state index contributed by atoms with van der Waals surface area (Å²) in [6.07, 6.45) is -1.24. The first kappa shape index (κ1) is 36.4. The van der Waals surface area contributed by atoms with E-state index in [2.05, 4.69) is 10.6 Å². The number of aliphatic hydroxyl groups is 2. The summed E-state index contributed by atoms with van der Waals surface area (Å²) in [4.78, 5) is 0. The predicted molar refractivity (Wildman–Crippen MR) is 149 cm³/mol. The first-order chi connectivity index (χ1) is 17.7. The summed E-state index contributed by atoms with van der Waals surface area (Å²) in [6.45, 7) is 13.1. The van der Waals surface area contributed by atoms with Gasteiger partial charge in [-0.1, -0.05) is 12.1 Å². The normalized spacial score (nSPS) is 13.2. The number of hydrogen-bond acceptors (Lipinski definition) is 10. The van der Waals surface area contributed by atoms with Gasteiger partial charge in [0.2, 0.25) is 0 Å². The van der Waals surface area contributed by atoms with Gasteiger partial charge in [-0.2, -0.15) is 8.42 Å². The molecule has 0 bridgehead atoms. The van der Waals surface area contributed by atoms with Crippen molar-refractivity contribution in [3.63, 3.8) is 0 Å². The highest BCUT2D eigenvalue weighted by Gasteiger charge is 2.16. The van der Waals surface area contributed by atoms with E-state index in [9.17, 15) is 20.4 Å². The van der Waals surface area contributed by atoms with E-state index in [0.29, 0.717) is 24.6 Å². The van der Waals surface area contributed by atoms with Crippen molar-refractivity contribution in [2.24, 2.45) is 0 Å². The summed E-state index contributed by atoms with van der Waals surface area (Å²) in [5.41, 5.74) is 1.36. The lowest BCUT2D eigenvalue weighted by atomic mass is 10.1. The fourth-order valence-corrected chi connectivity index (χ4v) is 2.84. The van der Waals surface area contributed by atoms with E-state index in [0.717, 1.165) is 11.1 Å². The van der Waals surface area contributed by atoms with Crippen LogP contribution in [0.4, 0.5) is 0 Å². The molecule has 13 heteroatoms.